The second-order valence-electron chi connectivity index (χ2n) is 3.48. The average Bonchev–Trinajstić information content (AvgIpc) is 1.93. The Hall–Kier alpha value is -0.120. The Labute approximate surface area is 68.4 Å². The van der Waals surface area contributed by atoms with Gasteiger partial charge >= 0.3 is 0 Å². The predicted octanol–water partition coefficient (Wildman–Crippen LogP) is 0.356. The normalized spacial score (nSPS) is 32.7. The van der Waals surface area contributed by atoms with Gasteiger partial charge in [-0.15, -0.1) is 0 Å². The van der Waals surface area contributed by atoms with Crippen molar-refractivity contribution in [2.75, 3.05) is 14.1 Å². The van der Waals surface area contributed by atoms with E-state index in [1.807, 2.05) is 19.1 Å². The van der Waals surface area contributed by atoms with Gasteiger partial charge in [-0.3, -0.25) is 10.4 Å². The fourth-order valence-electron chi connectivity index (χ4n) is 1.59. The Morgan fingerprint density at radius 3 is 2.45 bits per heavy atom. The lowest BCUT2D eigenvalue weighted by atomic mass is 9.93. The summed E-state index contributed by atoms with van der Waals surface area (Å²) in [7, 11) is 3.92. The minimum Gasteiger partial charge on any atom is -0.391 e. The van der Waals surface area contributed by atoms with Crippen LogP contribution in [0.25, 0.3) is 0 Å². The lowest BCUT2D eigenvalue weighted by Crippen LogP contribution is -2.48. The Morgan fingerprint density at radius 2 is 1.91 bits per heavy atom. The van der Waals surface area contributed by atoms with E-state index in [4.69, 9.17) is 0 Å². The highest BCUT2D eigenvalue weighted by atomic mass is 16.3. The molecule has 0 aromatic rings. The number of aliphatic hydroxyl groups is 1. The van der Waals surface area contributed by atoms with Crippen LogP contribution in [0.3, 0.4) is 0 Å². The summed E-state index contributed by atoms with van der Waals surface area (Å²) in [5, 5.41) is 11.4. The number of nitrogens with one attached hydrogen (secondary N) is 1. The SMILES string of the molecule is CN(C)NC1CCCCC1O. The smallest absolute Gasteiger partial charge is 0.0706 e. The molecule has 1 fully saturated rings. The minimum atomic E-state index is -0.147. The van der Waals surface area contributed by atoms with Gasteiger partial charge in [-0.25, -0.2) is 0 Å². The molecule has 0 amide bonds. The van der Waals surface area contributed by atoms with Crippen molar-refractivity contribution in [2.45, 2.75) is 37.8 Å². The highest BCUT2D eigenvalue weighted by Crippen LogP contribution is 2.18. The summed E-state index contributed by atoms with van der Waals surface area (Å²) < 4.78 is 0. The molecule has 1 aliphatic carbocycles. The van der Waals surface area contributed by atoms with Gasteiger partial charge in [0.1, 0.15) is 0 Å². The summed E-state index contributed by atoms with van der Waals surface area (Å²) in [6.45, 7) is 0. The highest BCUT2D eigenvalue weighted by molar-refractivity contribution is 4.78. The first-order valence-electron chi connectivity index (χ1n) is 4.31. The van der Waals surface area contributed by atoms with E-state index in [1.54, 1.807) is 0 Å². The van der Waals surface area contributed by atoms with Crippen LogP contribution in [0.1, 0.15) is 25.7 Å². The number of aliphatic hydroxyl groups excluding tert-OH is 1. The van der Waals surface area contributed by atoms with Crippen LogP contribution in [0.4, 0.5) is 0 Å². The van der Waals surface area contributed by atoms with Crippen molar-refractivity contribution in [3.05, 3.63) is 0 Å². The van der Waals surface area contributed by atoms with Crippen molar-refractivity contribution in [1.29, 1.82) is 0 Å². The van der Waals surface area contributed by atoms with Gasteiger partial charge in [-0.1, -0.05) is 12.8 Å². The van der Waals surface area contributed by atoms with Crippen LogP contribution in [0.15, 0.2) is 0 Å². The zero-order valence-corrected chi connectivity index (χ0v) is 7.38. The summed E-state index contributed by atoms with van der Waals surface area (Å²) in [5.41, 5.74) is 3.21. The van der Waals surface area contributed by atoms with E-state index >= 15 is 0 Å². The Kier molecular flexibility index (Phi) is 3.30. The predicted molar refractivity (Wildman–Crippen MR) is 45.1 cm³/mol. The maximum atomic E-state index is 9.53. The molecule has 1 aliphatic rings. The van der Waals surface area contributed by atoms with Gasteiger partial charge in [-0.05, 0) is 12.8 Å². The van der Waals surface area contributed by atoms with E-state index in [-0.39, 0.29) is 12.1 Å². The van der Waals surface area contributed by atoms with Crippen LogP contribution in [-0.4, -0.2) is 36.4 Å². The zero-order chi connectivity index (χ0) is 8.27. The first kappa shape index (κ1) is 8.97. The van der Waals surface area contributed by atoms with Crippen LogP contribution in [-0.2, 0) is 0 Å². The van der Waals surface area contributed by atoms with E-state index in [2.05, 4.69) is 5.43 Å². The minimum absolute atomic E-state index is 0.147. The summed E-state index contributed by atoms with van der Waals surface area (Å²) in [6, 6.07) is 0.277. The molecule has 1 saturated carbocycles. The Bertz CT molecular complexity index is 117. The maximum Gasteiger partial charge on any atom is 0.0706 e. The summed E-state index contributed by atoms with van der Waals surface area (Å²) in [6.07, 6.45) is 4.31. The molecule has 0 aliphatic heterocycles. The fraction of sp³-hybridized carbons (Fsp3) is 1.00. The van der Waals surface area contributed by atoms with Gasteiger partial charge in [0.25, 0.3) is 0 Å². The Morgan fingerprint density at radius 1 is 1.27 bits per heavy atom. The van der Waals surface area contributed by atoms with E-state index in [1.165, 1.54) is 12.8 Å². The third-order valence-corrected chi connectivity index (χ3v) is 2.15. The molecule has 0 aromatic heterocycles. The first-order chi connectivity index (χ1) is 5.20. The summed E-state index contributed by atoms with van der Waals surface area (Å²) in [4.78, 5) is 0. The summed E-state index contributed by atoms with van der Waals surface area (Å²) in [5.74, 6) is 0. The lowest BCUT2D eigenvalue weighted by molar-refractivity contribution is 0.0568. The number of hydrogen-bond acceptors (Lipinski definition) is 3. The standard InChI is InChI=1S/C8H18N2O/c1-10(2)9-7-5-3-4-6-8(7)11/h7-9,11H,3-6H2,1-2H3. The molecule has 0 radical (unpaired) electrons. The van der Waals surface area contributed by atoms with Crippen LogP contribution < -0.4 is 5.43 Å². The molecule has 1 rings (SSSR count). The molecular formula is C8H18N2O. The lowest BCUT2D eigenvalue weighted by Gasteiger charge is -2.30. The molecule has 3 nitrogen and oxygen atoms in total. The number of hydrogen-bond donors (Lipinski definition) is 2. The average molecular weight is 158 g/mol. The molecule has 11 heavy (non-hydrogen) atoms. The van der Waals surface area contributed by atoms with Crippen LogP contribution in [0, 0.1) is 0 Å². The van der Waals surface area contributed by atoms with Gasteiger partial charge in [-0.2, -0.15) is 0 Å². The van der Waals surface area contributed by atoms with Gasteiger partial charge in [0.2, 0.25) is 0 Å². The van der Waals surface area contributed by atoms with Gasteiger partial charge in [0.05, 0.1) is 6.10 Å². The molecule has 66 valence electrons. The largest absolute Gasteiger partial charge is 0.391 e. The molecule has 0 heterocycles. The van der Waals surface area contributed by atoms with Gasteiger partial charge < -0.3 is 5.11 Å². The van der Waals surface area contributed by atoms with Crippen molar-refractivity contribution in [3.63, 3.8) is 0 Å². The summed E-state index contributed by atoms with van der Waals surface area (Å²) >= 11 is 0. The second-order valence-corrected chi connectivity index (χ2v) is 3.48. The van der Waals surface area contributed by atoms with E-state index in [9.17, 15) is 5.11 Å². The number of nitrogens with zero attached hydrogens (tertiary/aromatic N) is 1. The number of rotatable bonds is 2. The molecule has 2 unspecified atom stereocenters. The second kappa shape index (κ2) is 4.04. The monoisotopic (exact) mass is 158 g/mol. The van der Waals surface area contributed by atoms with Crippen LogP contribution >= 0.6 is 0 Å². The van der Waals surface area contributed by atoms with Crippen molar-refractivity contribution in [1.82, 2.24) is 10.4 Å². The fourth-order valence-corrected chi connectivity index (χ4v) is 1.59. The zero-order valence-electron chi connectivity index (χ0n) is 7.38. The van der Waals surface area contributed by atoms with E-state index in [0.717, 1.165) is 12.8 Å². The van der Waals surface area contributed by atoms with Crippen molar-refractivity contribution in [2.24, 2.45) is 0 Å². The molecule has 0 saturated heterocycles. The van der Waals surface area contributed by atoms with Crippen LogP contribution in [0.5, 0.6) is 0 Å². The molecular weight excluding hydrogens is 140 g/mol. The van der Waals surface area contributed by atoms with Crippen molar-refractivity contribution in [3.8, 4) is 0 Å². The quantitative estimate of drug-likeness (QED) is 0.569. The van der Waals surface area contributed by atoms with Crippen LogP contribution in [0.2, 0.25) is 0 Å². The molecule has 0 bridgehead atoms. The molecule has 2 N–H and O–H groups in total. The van der Waals surface area contributed by atoms with E-state index in [0.29, 0.717) is 0 Å². The third-order valence-electron chi connectivity index (χ3n) is 2.15. The molecule has 3 heteroatoms. The maximum absolute atomic E-state index is 9.53. The van der Waals surface area contributed by atoms with E-state index < -0.39 is 0 Å². The van der Waals surface area contributed by atoms with Crippen molar-refractivity contribution >= 4 is 0 Å². The first-order valence-corrected chi connectivity index (χ1v) is 4.31. The molecule has 2 atom stereocenters. The molecule has 0 aromatic carbocycles. The number of hydrazine groups is 1. The highest BCUT2D eigenvalue weighted by Gasteiger charge is 2.22. The Balaban J connectivity index is 2.29. The molecule has 0 spiro atoms. The van der Waals surface area contributed by atoms with Gasteiger partial charge in [0.15, 0.2) is 0 Å². The van der Waals surface area contributed by atoms with Gasteiger partial charge in [0, 0.05) is 20.1 Å². The third kappa shape index (κ3) is 2.77. The van der Waals surface area contributed by atoms with Crippen molar-refractivity contribution < 1.29 is 5.11 Å². The topological polar surface area (TPSA) is 35.5 Å².